The number of halogens is 4. The summed E-state index contributed by atoms with van der Waals surface area (Å²) in [7, 11) is 0. The first-order valence-corrected chi connectivity index (χ1v) is 9.29. The molecule has 140 valence electrons. The van der Waals surface area contributed by atoms with Crippen LogP contribution < -0.4 is 5.56 Å². The molecule has 28 heavy (non-hydrogen) atoms. The Balaban J connectivity index is 2.14. The first kappa shape index (κ1) is 18.8. The molecule has 0 atom stereocenters. The molecule has 0 amide bonds. The van der Waals surface area contributed by atoms with Gasteiger partial charge in [0, 0.05) is 23.1 Å². The van der Waals surface area contributed by atoms with E-state index >= 15 is 0 Å². The molecule has 4 rings (SSSR count). The summed E-state index contributed by atoms with van der Waals surface area (Å²) in [5.41, 5.74) is 1.38. The minimum atomic E-state index is -0.474. The summed E-state index contributed by atoms with van der Waals surface area (Å²) in [5, 5.41) is 11.7. The quantitative estimate of drug-likeness (QED) is 0.393. The summed E-state index contributed by atoms with van der Waals surface area (Å²) in [6.07, 6.45) is 0. The van der Waals surface area contributed by atoms with Crippen LogP contribution in [0.3, 0.4) is 0 Å². The standard InChI is InChI=1S/C21H11Cl3FNO2/c22-16-2-1-3-17(23)21(16)26-19-10-12(27)9-15(14(19)6-7-20(26)28)13-5-4-11(25)8-18(13)24/h1-10,27H. The molecule has 0 saturated carbocycles. The minimum Gasteiger partial charge on any atom is -0.508 e. The summed E-state index contributed by atoms with van der Waals surface area (Å²) in [4.78, 5) is 12.7. The van der Waals surface area contributed by atoms with Crippen LogP contribution in [-0.2, 0) is 0 Å². The number of aromatic nitrogens is 1. The van der Waals surface area contributed by atoms with Gasteiger partial charge in [0.15, 0.2) is 0 Å². The molecule has 1 aromatic heterocycles. The van der Waals surface area contributed by atoms with Crippen molar-refractivity contribution >= 4 is 45.7 Å². The summed E-state index contributed by atoms with van der Waals surface area (Å²) in [5.74, 6) is -0.566. The Morgan fingerprint density at radius 2 is 1.54 bits per heavy atom. The number of fused-ring (bicyclic) bond motifs is 1. The molecule has 0 fully saturated rings. The number of benzene rings is 3. The van der Waals surface area contributed by atoms with Gasteiger partial charge < -0.3 is 5.11 Å². The van der Waals surface area contributed by atoms with Gasteiger partial charge in [0.25, 0.3) is 5.56 Å². The Hall–Kier alpha value is -2.53. The van der Waals surface area contributed by atoms with E-state index in [0.717, 1.165) is 0 Å². The zero-order chi connectivity index (χ0) is 20.0. The molecule has 0 aliphatic carbocycles. The number of phenolic OH excluding ortho intramolecular Hbond substituents is 1. The van der Waals surface area contributed by atoms with Gasteiger partial charge in [-0.05, 0) is 48.0 Å². The van der Waals surface area contributed by atoms with Crippen molar-refractivity contribution < 1.29 is 9.50 Å². The van der Waals surface area contributed by atoms with Gasteiger partial charge in [0.2, 0.25) is 0 Å². The molecule has 1 heterocycles. The average molecular weight is 435 g/mol. The molecule has 3 aromatic carbocycles. The number of phenols is 1. The predicted octanol–water partition coefficient (Wildman–Crippen LogP) is 6.46. The largest absolute Gasteiger partial charge is 0.508 e. The first-order valence-electron chi connectivity index (χ1n) is 8.15. The first-order chi connectivity index (χ1) is 13.4. The van der Waals surface area contributed by atoms with E-state index in [4.69, 9.17) is 34.8 Å². The van der Waals surface area contributed by atoms with E-state index < -0.39 is 5.82 Å². The van der Waals surface area contributed by atoms with E-state index in [-0.39, 0.29) is 26.4 Å². The number of hydrogen-bond acceptors (Lipinski definition) is 2. The van der Waals surface area contributed by atoms with E-state index in [2.05, 4.69) is 0 Å². The van der Waals surface area contributed by atoms with Gasteiger partial charge in [-0.25, -0.2) is 4.39 Å². The Labute approximate surface area is 174 Å². The molecular formula is C21H11Cl3FNO2. The minimum absolute atomic E-state index is 0.0922. The van der Waals surface area contributed by atoms with Crippen LogP contribution in [0.5, 0.6) is 5.75 Å². The third kappa shape index (κ3) is 3.14. The van der Waals surface area contributed by atoms with Crippen molar-refractivity contribution in [1.82, 2.24) is 4.57 Å². The molecule has 0 aliphatic heterocycles. The maximum atomic E-state index is 13.5. The van der Waals surface area contributed by atoms with Gasteiger partial charge in [0.05, 0.1) is 26.3 Å². The monoisotopic (exact) mass is 433 g/mol. The molecule has 3 nitrogen and oxygen atoms in total. The molecule has 0 aliphatic rings. The normalized spacial score (nSPS) is 11.1. The van der Waals surface area contributed by atoms with Crippen LogP contribution in [0.25, 0.3) is 27.7 Å². The van der Waals surface area contributed by atoms with Gasteiger partial charge >= 0.3 is 0 Å². The average Bonchev–Trinajstić information content (AvgIpc) is 2.62. The molecule has 7 heteroatoms. The van der Waals surface area contributed by atoms with E-state index in [1.54, 1.807) is 24.3 Å². The fraction of sp³-hybridized carbons (Fsp3) is 0. The molecule has 1 N–H and O–H groups in total. The van der Waals surface area contributed by atoms with Gasteiger partial charge in [-0.15, -0.1) is 0 Å². The third-order valence-corrected chi connectivity index (χ3v) is 5.30. The maximum Gasteiger partial charge on any atom is 0.255 e. The molecule has 4 aromatic rings. The maximum absolute atomic E-state index is 13.5. The lowest BCUT2D eigenvalue weighted by atomic mass is 9.99. The van der Waals surface area contributed by atoms with Crippen LogP contribution in [0.1, 0.15) is 0 Å². The molecule has 0 bridgehead atoms. The lowest BCUT2D eigenvalue weighted by Gasteiger charge is -2.16. The Bertz CT molecular complexity index is 1280. The van der Waals surface area contributed by atoms with Crippen LogP contribution in [0.4, 0.5) is 4.39 Å². The highest BCUT2D eigenvalue weighted by Gasteiger charge is 2.17. The number of nitrogens with zero attached hydrogens (tertiary/aromatic N) is 1. The molecule has 0 spiro atoms. The summed E-state index contributed by atoms with van der Waals surface area (Å²) in [6, 6.07) is 14.8. The second-order valence-corrected chi connectivity index (χ2v) is 7.35. The number of pyridine rings is 1. The van der Waals surface area contributed by atoms with Crippen molar-refractivity contribution in [3.63, 3.8) is 0 Å². The van der Waals surface area contributed by atoms with E-state index in [1.165, 1.54) is 41.0 Å². The fourth-order valence-corrected chi connectivity index (χ4v) is 4.03. The highest BCUT2D eigenvalue weighted by molar-refractivity contribution is 6.38. The van der Waals surface area contributed by atoms with Crippen LogP contribution in [0, 0.1) is 5.82 Å². The highest BCUT2D eigenvalue weighted by Crippen LogP contribution is 2.38. The number of hydrogen-bond donors (Lipinski definition) is 1. The fourth-order valence-electron chi connectivity index (χ4n) is 3.20. The summed E-state index contributed by atoms with van der Waals surface area (Å²) < 4.78 is 14.8. The van der Waals surface area contributed by atoms with Crippen molar-refractivity contribution in [3.8, 4) is 22.6 Å². The zero-order valence-corrected chi connectivity index (χ0v) is 16.4. The Morgan fingerprint density at radius 1 is 0.821 bits per heavy atom. The molecule has 0 unspecified atom stereocenters. The topological polar surface area (TPSA) is 42.2 Å². The van der Waals surface area contributed by atoms with E-state index in [1.807, 2.05) is 0 Å². The van der Waals surface area contributed by atoms with Crippen molar-refractivity contribution in [1.29, 1.82) is 0 Å². The van der Waals surface area contributed by atoms with Crippen molar-refractivity contribution in [2.75, 3.05) is 0 Å². The van der Waals surface area contributed by atoms with Crippen LogP contribution in [0.2, 0.25) is 15.1 Å². The molecular weight excluding hydrogens is 424 g/mol. The highest BCUT2D eigenvalue weighted by atomic mass is 35.5. The van der Waals surface area contributed by atoms with Crippen molar-refractivity contribution in [2.45, 2.75) is 0 Å². The number of para-hydroxylation sites is 1. The summed E-state index contributed by atoms with van der Waals surface area (Å²) >= 11 is 18.8. The smallest absolute Gasteiger partial charge is 0.255 e. The number of aromatic hydroxyl groups is 1. The third-order valence-electron chi connectivity index (χ3n) is 4.38. The van der Waals surface area contributed by atoms with E-state index in [0.29, 0.717) is 27.7 Å². The van der Waals surface area contributed by atoms with Gasteiger partial charge in [-0.3, -0.25) is 9.36 Å². The van der Waals surface area contributed by atoms with Gasteiger partial charge in [-0.1, -0.05) is 40.9 Å². The molecule has 0 saturated heterocycles. The lowest BCUT2D eigenvalue weighted by molar-refractivity contribution is 0.476. The Morgan fingerprint density at radius 3 is 2.21 bits per heavy atom. The van der Waals surface area contributed by atoms with Gasteiger partial charge in [-0.2, -0.15) is 0 Å². The van der Waals surface area contributed by atoms with Crippen molar-refractivity contribution in [2.24, 2.45) is 0 Å². The van der Waals surface area contributed by atoms with E-state index in [9.17, 15) is 14.3 Å². The predicted molar refractivity (Wildman–Crippen MR) is 112 cm³/mol. The summed E-state index contributed by atoms with van der Waals surface area (Å²) in [6.45, 7) is 0. The number of rotatable bonds is 2. The van der Waals surface area contributed by atoms with Crippen LogP contribution >= 0.6 is 34.8 Å². The zero-order valence-electron chi connectivity index (χ0n) is 14.1. The van der Waals surface area contributed by atoms with Gasteiger partial charge in [0.1, 0.15) is 11.6 Å². The SMILES string of the molecule is O=c1ccc2c(-c3ccc(F)cc3Cl)cc(O)cc2n1-c1c(Cl)cccc1Cl. The van der Waals surface area contributed by atoms with Crippen LogP contribution in [-0.4, -0.2) is 9.67 Å². The molecule has 0 radical (unpaired) electrons. The van der Waals surface area contributed by atoms with Crippen molar-refractivity contribution in [3.05, 3.63) is 91.9 Å². The Kier molecular flexibility index (Phi) is 4.79. The van der Waals surface area contributed by atoms with Crippen LogP contribution in [0.15, 0.2) is 65.5 Å². The lowest BCUT2D eigenvalue weighted by Crippen LogP contribution is -2.18. The second kappa shape index (κ2) is 7.13. The second-order valence-electron chi connectivity index (χ2n) is 6.13.